The minimum absolute atomic E-state index is 0.185. The normalized spacial score (nSPS) is 12.0. The summed E-state index contributed by atoms with van der Waals surface area (Å²) < 4.78 is 14.3. The van der Waals surface area contributed by atoms with E-state index in [0.717, 1.165) is 5.56 Å². The van der Waals surface area contributed by atoms with Crippen LogP contribution in [0.3, 0.4) is 0 Å². The van der Waals surface area contributed by atoms with E-state index in [-0.39, 0.29) is 5.69 Å². The highest BCUT2D eigenvalue weighted by Gasteiger charge is 2.24. The molecule has 6 heteroatoms. The summed E-state index contributed by atoms with van der Waals surface area (Å²) in [4.78, 5) is 11.6. The Kier molecular flexibility index (Phi) is 5.22. The third kappa shape index (κ3) is 3.56. The van der Waals surface area contributed by atoms with Crippen LogP contribution in [0.15, 0.2) is 52.5 Å². The number of benzene rings is 2. The Morgan fingerprint density at radius 2 is 1.90 bits per heavy atom. The zero-order valence-corrected chi connectivity index (χ0v) is 13.3. The van der Waals surface area contributed by atoms with Gasteiger partial charge in [-0.3, -0.25) is 0 Å². The summed E-state index contributed by atoms with van der Waals surface area (Å²) in [5, 5.41) is 3.40. The summed E-state index contributed by atoms with van der Waals surface area (Å²) in [5.41, 5.74) is 1.79. The van der Waals surface area contributed by atoms with Crippen LogP contribution in [0.1, 0.15) is 12.5 Å². The van der Waals surface area contributed by atoms with E-state index >= 15 is 0 Å². The van der Waals surface area contributed by atoms with E-state index in [9.17, 15) is 9.46 Å². The Labute approximate surface area is 132 Å². The maximum atomic E-state index is 12.7. The fraction of sp³-hybridized carbons (Fsp3) is 0.200. The largest absolute Gasteiger partial charge is 0.588 e. The van der Waals surface area contributed by atoms with Gasteiger partial charge in [0.1, 0.15) is 22.7 Å². The van der Waals surface area contributed by atoms with E-state index in [1.54, 1.807) is 16.4 Å². The molecule has 0 radical (unpaired) electrons. The van der Waals surface area contributed by atoms with Gasteiger partial charge in [0.05, 0.1) is 6.54 Å². The van der Waals surface area contributed by atoms with Crippen LogP contribution in [0.4, 0.5) is 11.4 Å². The van der Waals surface area contributed by atoms with E-state index in [0.29, 0.717) is 22.2 Å². The lowest BCUT2D eigenvalue weighted by molar-refractivity contribution is 0.591. The van der Waals surface area contributed by atoms with Gasteiger partial charge in [-0.15, -0.1) is 4.91 Å². The third-order valence-electron chi connectivity index (χ3n) is 3.01. The van der Waals surface area contributed by atoms with Crippen molar-refractivity contribution in [3.8, 4) is 0 Å². The number of aryl methyl sites for hydroxylation is 1. The quantitative estimate of drug-likeness (QED) is 0.597. The number of halogens is 1. The second-order valence-electron chi connectivity index (χ2n) is 4.48. The number of rotatable bonds is 5. The maximum Gasteiger partial charge on any atom is 0.180 e. The van der Waals surface area contributed by atoms with Gasteiger partial charge in [0.15, 0.2) is 4.90 Å². The highest BCUT2D eigenvalue weighted by Crippen LogP contribution is 2.34. The fourth-order valence-electron chi connectivity index (χ4n) is 1.94. The number of nitroso groups, excluding NO2 is 1. The van der Waals surface area contributed by atoms with Crippen LogP contribution in [-0.2, 0) is 11.4 Å². The number of nitrogens with zero attached hydrogens (tertiary/aromatic N) is 2. The number of hydrogen-bond donors (Lipinski definition) is 0. The molecule has 1 atom stereocenters. The highest BCUT2D eigenvalue weighted by molar-refractivity contribution is 7.92. The zero-order valence-electron chi connectivity index (χ0n) is 11.7. The summed E-state index contributed by atoms with van der Waals surface area (Å²) >= 11 is 4.46. The first-order chi connectivity index (χ1) is 10.1. The SMILES string of the molecule is CCN(c1ccc(Cl)cc1N=O)[S+]([O-])c1ccc(C)cc1. The molecule has 2 aromatic carbocycles. The Bertz CT molecular complexity index is 634. The van der Waals surface area contributed by atoms with Gasteiger partial charge < -0.3 is 4.55 Å². The molecule has 0 fully saturated rings. The molecule has 1 unspecified atom stereocenters. The summed E-state index contributed by atoms with van der Waals surface area (Å²) in [5.74, 6) is 0. The second kappa shape index (κ2) is 6.93. The van der Waals surface area contributed by atoms with Crippen LogP contribution in [0.2, 0.25) is 5.02 Å². The van der Waals surface area contributed by atoms with Crippen molar-refractivity contribution in [1.82, 2.24) is 0 Å². The summed E-state index contributed by atoms with van der Waals surface area (Å²) in [6.07, 6.45) is 0. The van der Waals surface area contributed by atoms with Crippen molar-refractivity contribution in [3.05, 3.63) is 58.0 Å². The van der Waals surface area contributed by atoms with Crippen molar-refractivity contribution < 1.29 is 4.55 Å². The van der Waals surface area contributed by atoms with E-state index in [4.69, 9.17) is 11.6 Å². The number of anilines is 1. The van der Waals surface area contributed by atoms with Gasteiger partial charge in [0.2, 0.25) is 0 Å². The molecule has 0 heterocycles. The molecule has 0 saturated heterocycles. The predicted octanol–water partition coefficient (Wildman–Crippen LogP) is 4.60. The lowest BCUT2D eigenvalue weighted by Gasteiger charge is -2.25. The lowest BCUT2D eigenvalue weighted by Crippen LogP contribution is -2.30. The van der Waals surface area contributed by atoms with E-state index < -0.39 is 11.4 Å². The fourth-order valence-corrected chi connectivity index (χ4v) is 3.30. The van der Waals surface area contributed by atoms with E-state index in [1.807, 2.05) is 38.1 Å². The average molecular weight is 323 g/mol. The van der Waals surface area contributed by atoms with Crippen molar-refractivity contribution in [1.29, 1.82) is 0 Å². The summed E-state index contributed by atoms with van der Waals surface area (Å²) in [6.45, 7) is 4.32. The highest BCUT2D eigenvalue weighted by atomic mass is 35.5. The van der Waals surface area contributed by atoms with Gasteiger partial charge >= 0.3 is 0 Å². The van der Waals surface area contributed by atoms with Gasteiger partial charge in [-0.25, -0.2) is 0 Å². The lowest BCUT2D eigenvalue weighted by atomic mass is 10.2. The van der Waals surface area contributed by atoms with Gasteiger partial charge in [-0.1, -0.05) is 29.3 Å². The molecule has 0 aromatic heterocycles. The van der Waals surface area contributed by atoms with Crippen molar-refractivity contribution >= 4 is 34.3 Å². The minimum atomic E-state index is -1.41. The Morgan fingerprint density at radius 3 is 2.48 bits per heavy atom. The Hall–Kier alpha value is -1.56. The number of hydrogen-bond acceptors (Lipinski definition) is 4. The van der Waals surface area contributed by atoms with E-state index in [2.05, 4.69) is 5.18 Å². The molecule has 110 valence electrons. The molecule has 0 spiro atoms. The van der Waals surface area contributed by atoms with Crippen LogP contribution >= 0.6 is 11.6 Å². The van der Waals surface area contributed by atoms with Gasteiger partial charge in [-0.05, 0) is 49.4 Å². The molecule has 21 heavy (non-hydrogen) atoms. The topological polar surface area (TPSA) is 55.7 Å². The molecule has 0 aliphatic rings. The second-order valence-corrected chi connectivity index (χ2v) is 6.33. The molecule has 0 aliphatic carbocycles. The minimum Gasteiger partial charge on any atom is -0.588 e. The van der Waals surface area contributed by atoms with Crippen LogP contribution < -0.4 is 4.31 Å². The first kappa shape index (κ1) is 15.8. The molecule has 0 aliphatic heterocycles. The molecular formula is C15H15ClN2O2S. The van der Waals surface area contributed by atoms with Crippen LogP contribution in [0.5, 0.6) is 0 Å². The van der Waals surface area contributed by atoms with Crippen molar-refractivity contribution in [2.75, 3.05) is 10.8 Å². The molecule has 0 saturated carbocycles. The van der Waals surface area contributed by atoms with Crippen molar-refractivity contribution in [3.63, 3.8) is 0 Å². The predicted molar refractivity (Wildman–Crippen MR) is 87.5 cm³/mol. The molecule has 2 rings (SSSR count). The van der Waals surface area contributed by atoms with Crippen LogP contribution in [0.25, 0.3) is 0 Å². The molecule has 0 N–H and O–H groups in total. The standard InChI is InChI=1S/C15H15ClN2O2S/c1-3-18(15-9-6-12(16)10-14(15)17-19)21(20)13-7-4-11(2)5-8-13/h4-10H,3H2,1-2H3. The zero-order chi connectivity index (χ0) is 15.4. The van der Waals surface area contributed by atoms with Gasteiger partial charge in [0.25, 0.3) is 0 Å². The Morgan fingerprint density at radius 1 is 1.24 bits per heavy atom. The smallest absolute Gasteiger partial charge is 0.180 e. The van der Waals surface area contributed by atoms with Crippen LogP contribution in [0, 0.1) is 11.8 Å². The van der Waals surface area contributed by atoms with E-state index in [1.165, 1.54) is 6.07 Å². The maximum absolute atomic E-state index is 12.7. The molecule has 0 bridgehead atoms. The first-order valence-electron chi connectivity index (χ1n) is 6.45. The van der Waals surface area contributed by atoms with Gasteiger partial charge in [0, 0.05) is 5.02 Å². The summed E-state index contributed by atoms with van der Waals surface area (Å²) in [6, 6.07) is 12.2. The Balaban J connectivity index is 2.39. The molecule has 2 aromatic rings. The van der Waals surface area contributed by atoms with Gasteiger partial charge in [-0.2, -0.15) is 4.31 Å². The van der Waals surface area contributed by atoms with Crippen molar-refractivity contribution in [2.24, 2.45) is 5.18 Å². The molecular weight excluding hydrogens is 308 g/mol. The molecule has 0 amide bonds. The average Bonchev–Trinajstić information content (AvgIpc) is 2.49. The summed E-state index contributed by atoms with van der Waals surface area (Å²) in [7, 11) is 0. The molecule has 4 nitrogen and oxygen atoms in total. The van der Waals surface area contributed by atoms with Crippen LogP contribution in [-0.4, -0.2) is 11.1 Å². The third-order valence-corrected chi connectivity index (χ3v) is 4.78. The van der Waals surface area contributed by atoms with Crippen molar-refractivity contribution in [2.45, 2.75) is 18.7 Å². The monoisotopic (exact) mass is 322 g/mol. The first-order valence-corrected chi connectivity index (χ1v) is 7.94.